The quantitative estimate of drug-likeness (QED) is 0.442. The number of carbonyl (C=O) groups excluding carboxylic acids is 1. The van der Waals surface area contributed by atoms with Gasteiger partial charge in [-0.05, 0) is 56.0 Å². The van der Waals surface area contributed by atoms with Gasteiger partial charge in [0.05, 0.1) is 4.90 Å². The summed E-state index contributed by atoms with van der Waals surface area (Å²) in [5.74, 6) is 0.120. The normalized spacial score (nSPS) is 16.8. The van der Waals surface area contributed by atoms with Gasteiger partial charge >= 0.3 is 0 Å². The van der Waals surface area contributed by atoms with Gasteiger partial charge in [0.15, 0.2) is 0 Å². The first-order chi connectivity index (χ1) is 16.0. The summed E-state index contributed by atoms with van der Waals surface area (Å²) >= 11 is 0. The van der Waals surface area contributed by atoms with E-state index in [-0.39, 0.29) is 29.8 Å². The number of benzene rings is 2. The first-order valence-electron chi connectivity index (χ1n) is 11.8. The highest BCUT2D eigenvalue weighted by Crippen LogP contribution is 2.36. The van der Waals surface area contributed by atoms with Crippen LogP contribution in [0.5, 0.6) is 0 Å². The monoisotopic (exact) mass is 466 g/mol. The lowest BCUT2D eigenvalue weighted by Gasteiger charge is -2.24. The zero-order valence-electron chi connectivity index (χ0n) is 18.6. The number of hydrogen-bond acceptors (Lipinski definition) is 4. The van der Waals surface area contributed by atoms with Crippen molar-refractivity contribution in [3.63, 3.8) is 0 Å². The molecule has 1 amide bonds. The highest BCUT2D eigenvalue weighted by molar-refractivity contribution is 7.89. The summed E-state index contributed by atoms with van der Waals surface area (Å²) in [5.41, 5.74) is 3.86. The predicted octanol–water partition coefficient (Wildman–Crippen LogP) is 3.63. The fourth-order valence-corrected chi connectivity index (χ4v) is 5.68. The Bertz CT molecular complexity index is 1220. The summed E-state index contributed by atoms with van der Waals surface area (Å²) in [7, 11) is -3.70. The Morgan fingerprint density at radius 3 is 2.52 bits per heavy atom. The lowest BCUT2D eigenvalue weighted by molar-refractivity contribution is -0.127. The van der Waals surface area contributed by atoms with E-state index >= 15 is 0 Å². The van der Waals surface area contributed by atoms with Crippen LogP contribution in [-0.2, 0) is 14.8 Å². The van der Waals surface area contributed by atoms with Crippen LogP contribution >= 0.6 is 0 Å². The Morgan fingerprint density at radius 2 is 1.79 bits per heavy atom. The minimum atomic E-state index is -3.70. The number of nitrogens with zero attached hydrogens (tertiary/aromatic N) is 1. The number of H-pyrrole nitrogens is 1. The minimum Gasteiger partial charge on any atom is -0.371 e. The van der Waals surface area contributed by atoms with E-state index in [0.29, 0.717) is 0 Å². The van der Waals surface area contributed by atoms with Gasteiger partial charge in [0.1, 0.15) is 0 Å². The molecule has 2 aromatic carbocycles. The smallest absolute Gasteiger partial charge is 0.240 e. The van der Waals surface area contributed by atoms with Crippen molar-refractivity contribution in [2.24, 2.45) is 5.92 Å². The molecule has 5 rings (SSSR count). The van der Waals surface area contributed by atoms with Crippen LogP contribution < -0.4 is 14.9 Å². The Hall–Kier alpha value is -2.84. The number of hydrogen-bond donors (Lipinski definition) is 3. The summed E-state index contributed by atoms with van der Waals surface area (Å²) in [5, 5.41) is 3.92. The molecule has 0 unspecified atom stereocenters. The zero-order valence-corrected chi connectivity index (χ0v) is 19.5. The molecule has 0 atom stereocenters. The number of nitrogens with one attached hydrogen (secondary N) is 3. The van der Waals surface area contributed by atoms with Gasteiger partial charge in [0.2, 0.25) is 15.9 Å². The molecule has 1 saturated heterocycles. The summed E-state index contributed by atoms with van der Waals surface area (Å²) < 4.78 is 28.7. The Labute approximate surface area is 194 Å². The number of fused-ring (bicyclic) bond motifs is 1. The number of para-hydroxylation sites is 1. The summed E-state index contributed by atoms with van der Waals surface area (Å²) in [6.45, 7) is 2.39. The topological polar surface area (TPSA) is 94.3 Å². The highest BCUT2D eigenvalue weighted by atomic mass is 32.2. The van der Waals surface area contributed by atoms with Crippen molar-refractivity contribution in [1.82, 2.24) is 15.0 Å². The number of carbonyl (C=O) groups is 1. The van der Waals surface area contributed by atoms with E-state index in [1.165, 1.54) is 0 Å². The van der Waals surface area contributed by atoms with Gasteiger partial charge in [-0.2, -0.15) is 0 Å². The van der Waals surface area contributed by atoms with Gasteiger partial charge < -0.3 is 15.2 Å². The lowest BCUT2D eigenvalue weighted by Crippen LogP contribution is -2.39. The summed E-state index contributed by atoms with van der Waals surface area (Å²) in [4.78, 5) is 18.0. The van der Waals surface area contributed by atoms with Gasteiger partial charge in [0.25, 0.3) is 0 Å². The molecule has 7 nitrogen and oxygen atoms in total. The maximum Gasteiger partial charge on any atom is 0.240 e. The summed E-state index contributed by atoms with van der Waals surface area (Å²) in [6.07, 6.45) is 5.23. The SMILES string of the molecule is O=C(NCCNS(=O)(=O)c1ccc(N2CCCC2)c(-c2cc3ccccc3[nH]2)c1)C1CCC1. The lowest BCUT2D eigenvalue weighted by atomic mass is 9.85. The van der Waals surface area contributed by atoms with Crippen LogP contribution in [0.15, 0.2) is 53.4 Å². The average Bonchev–Trinajstić information content (AvgIpc) is 3.45. The Morgan fingerprint density at radius 1 is 1.00 bits per heavy atom. The fraction of sp³-hybridized carbons (Fsp3) is 0.400. The van der Waals surface area contributed by atoms with Crippen LogP contribution in [0.3, 0.4) is 0 Å². The molecule has 0 spiro atoms. The number of aromatic nitrogens is 1. The van der Waals surface area contributed by atoms with E-state index in [9.17, 15) is 13.2 Å². The van der Waals surface area contributed by atoms with Gasteiger partial charge in [-0.1, -0.05) is 24.6 Å². The van der Waals surface area contributed by atoms with Gasteiger partial charge in [-0.3, -0.25) is 4.79 Å². The van der Waals surface area contributed by atoms with Crippen molar-refractivity contribution in [1.29, 1.82) is 0 Å². The molecular weight excluding hydrogens is 436 g/mol. The largest absolute Gasteiger partial charge is 0.371 e. The molecule has 1 aromatic heterocycles. The van der Waals surface area contributed by atoms with E-state index in [1.807, 2.05) is 30.3 Å². The van der Waals surface area contributed by atoms with Crippen LogP contribution in [-0.4, -0.2) is 45.5 Å². The molecule has 174 valence electrons. The number of anilines is 1. The molecule has 3 N–H and O–H groups in total. The van der Waals surface area contributed by atoms with Crippen molar-refractivity contribution in [3.8, 4) is 11.3 Å². The molecule has 2 aliphatic rings. The van der Waals surface area contributed by atoms with Crippen LogP contribution in [0.25, 0.3) is 22.2 Å². The van der Waals surface area contributed by atoms with Crippen molar-refractivity contribution in [2.75, 3.05) is 31.1 Å². The van der Waals surface area contributed by atoms with E-state index in [0.717, 1.165) is 73.0 Å². The summed E-state index contributed by atoms with van der Waals surface area (Å²) in [6, 6.07) is 15.5. The van der Waals surface area contributed by atoms with E-state index in [1.54, 1.807) is 12.1 Å². The van der Waals surface area contributed by atoms with Gasteiger partial charge in [0, 0.05) is 59.9 Å². The second-order valence-electron chi connectivity index (χ2n) is 8.96. The third kappa shape index (κ3) is 4.63. The molecule has 3 aromatic rings. The van der Waals surface area contributed by atoms with Crippen molar-refractivity contribution >= 4 is 32.5 Å². The molecule has 0 bridgehead atoms. The number of rotatable bonds is 8. The van der Waals surface area contributed by atoms with Crippen LogP contribution in [0.2, 0.25) is 0 Å². The van der Waals surface area contributed by atoms with Gasteiger partial charge in [-0.15, -0.1) is 0 Å². The van der Waals surface area contributed by atoms with Crippen LogP contribution in [0.1, 0.15) is 32.1 Å². The van der Waals surface area contributed by atoms with Crippen molar-refractivity contribution in [3.05, 3.63) is 48.5 Å². The maximum atomic E-state index is 13.0. The standard InChI is InChI=1S/C25H30N4O3S/c30-25(18-7-5-8-18)26-12-13-27-33(31,32)20-10-11-24(29-14-3-4-15-29)21(17-20)23-16-19-6-1-2-9-22(19)28-23/h1-2,6,9-11,16-18,27-28H,3-5,7-8,12-15H2,(H,26,30). The molecule has 0 radical (unpaired) electrons. The van der Waals surface area contributed by atoms with E-state index in [2.05, 4.69) is 26.0 Å². The van der Waals surface area contributed by atoms with Crippen LogP contribution in [0, 0.1) is 5.92 Å². The molecule has 8 heteroatoms. The van der Waals surface area contributed by atoms with E-state index in [4.69, 9.17) is 0 Å². The average molecular weight is 467 g/mol. The van der Waals surface area contributed by atoms with Crippen molar-refractivity contribution < 1.29 is 13.2 Å². The van der Waals surface area contributed by atoms with Crippen molar-refractivity contribution in [2.45, 2.75) is 37.0 Å². The maximum absolute atomic E-state index is 13.0. The number of aromatic amines is 1. The first kappa shape index (κ1) is 22.0. The molecule has 1 aliphatic carbocycles. The molecule has 1 aliphatic heterocycles. The zero-order chi connectivity index (χ0) is 22.8. The Kier molecular flexibility index (Phi) is 6.12. The second-order valence-corrected chi connectivity index (χ2v) is 10.7. The van der Waals surface area contributed by atoms with E-state index < -0.39 is 10.0 Å². The second kappa shape index (κ2) is 9.19. The third-order valence-electron chi connectivity index (χ3n) is 6.74. The number of amides is 1. The molecule has 2 heterocycles. The predicted molar refractivity (Wildman–Crippen MR) is 131 cm³/mol. The minimum absolute atomic E-state index is 0.0245. The molecule has 2 fully saturated rings. The molecular formula is C25H30N4O3S. The Balaban J connectivity index is 1.38. The first-order valence-corrected chi connectivity index (χ1v) is 13.2. The molecule has 1 saturated carbocycles. The van der Waals surface area contributed by atoms with Gasteiger partial charge in [-0.25, -0.2) is 13.1 Å². The highest BCUT2D eigenvalue weighted by Gasteiger charge is 2.25. The molecule has 33 heavy (non-hydrogen) atoms. The van der Waals surface area contributed by atoms with Crippen LogP contribution in [0.4, 0.5) is 5.69 Å². The fourth-order valence-electron chi connectivity index (χ4n) is 4.62. The number of sulfonamides is 1. The third-order valence-corrected chi connectivity index (χ3v) is 8.20.